The monoisotopic (exact) mass is 258 g/mol. The maximum atomic E-state index is 10.8. The van der Waals surface area contributed by atoms with Gasteiger partial charge in [0.15, 0.2) is 0 Å². The van der Waals surface area contributed by atoms with Gasteiger partial charge in [-0.15, -0.1) is 0 Å². The number of carbonyl (C=O) groups excluding carboxylic acids is 1. The highest BCUT2D eigenvalue weighted by molar-refractivity contribution is 5.89. The average Bonchev–Trinajstić information content (AvgIpc) is 2.48. The summed E-state index contributed by atoms with van der Waals surface area (Å²) in [5, 5.41) is 0.794. The average molecular weight is 258 g/mol. The summed E-state index contributed by atoms with van der Waals surface area (Å²) in [7, 11) is 0. The SMILES string of the molecule is O=Cc1ccc2c(OC3CCCCO3)ncnc2c1. The van der Waals surface area contributed by atoms with E-state index in [1.165, 1.54) is 6.33 Å². The lowest BCUT2D eigenvalue weighted by Gasteiger charge is -2.23. The van der Waals surface area contributed by atoms with Gasteiger partial charge in [-0.3, -0.25) is 4.79 Å². The molecule has 1 unspecified atom stereocenters. The van der Waals surface area contributed by atoms with Crippen molar-refractivity contribution >= 4 is 17.2 Å². The molecule has 1 atom stereocenters. The summed E-state index contributed by atoms with van der Waals surface area (Å²) >= 11 is 0. The number of hydrogen-bond acceptors (Lipinski definition) is 5. The number of carbonyl (C=O) groups is 1. The molecule has 1 fully saturated rings. The van der Waals surface area contributed by atoms with E-state index in [4.69, 9.17) is 9.47 Å². The summed E-state index contributed by atoms with van der Waals surface area (Å²) in [5.74, 6) is 0.509. The van der Waals surface area contributed by atoms with Crippen molar-refractivity contribution in [2.24, 2.45) is 0 Å². The van der Waals surface area contributed by atoms with E-state index in [-0.39, 0.29) is 6.29 Å². The van der Waals surface area contributed by atoms with E-state index < -0.39 is 0 Å². The van der Waals surface area contributed by atoms with Crippen LogP contribution in [-0.4, -0.2) is 29.2 Å². The van der Waals surface area contributed by atoms with Crippen LogP contribution in [0.5, 0.6) is 5.88 Å². The number of rotatable bonds is 3. The van der Waals surface area contributed by atoms with Crippen LogP contribution in [0, 0.1) is 0 Å². The highest BCUT2D eigenvalue weighted by atomic mass is 16.7. The molecule has 1 aliphatic heterocycles. The first-order valence-electron chi connectivity index (χ1n) is 6.35. The number of aromatic nitrogens is 2. The first kappa shape index (κ1) is 12.0. The van der Waals surface area contributed by atoms with Crippen LogP contribution in [0.25, 0.3) is 10.9 Å². The summed E-state index contributed by atoms with van der Waals surface area (Å²) in [5.41, 5.74) is 1.29. The topological polar surface area (TPSA) is 61.3 Å². The summed E-state index contributed by atoms with van der Waals surface area (Å²) in [4.78, 5) is 19.1. The molecule has 3 rings (SSSR count). The lowest BCUT2D eigenvalue weighted by Crippen LogP contribution is -2.25. The fraction of sp³-hybridized carbons (Fsp3) is 0.357. The van der Waals surface area contributed by atoms with E-state index in [0.29, 0.717) is 17.0 Å². The summed E-state index contributed by atoms with van der Waals surface area (Å²) in [6.07, 6.45) is 5.05. The highest BCUT2D eigenvalue weighted by Gasteiger charge is 2.17. The molecule has 0 amide bonds. The molecule has 1 saturated heterocycles. The Morgan fingerprint density at radius 3 is 3.05 bits per heavy atom. The zero-order valence-corrected chi connectivity index (χ0v) is 10.4. The number of hydrogen-bond donors (Lipinski definition) is 0. The van der Waals surface area contributed by atoms with Gasteiger partial charge >= 0.3 is 0 Å². The van der Waals surface area contributed by atoms with Gasteiger partial charge in [-0.1, -0.05) is 6.07 Å². The van der Waals surface area contributed by atoms with Gasteiger partial charge < -0.3 is 9.47 Å². The van der Waals surface area contributed by atoms with Gasteiger partial charge in [0.05, 0.1) is 17.5 Å². The fourth-order valence-corrected chi connectivity index (χ4v) is 2.15. The fourth-order valence-electron chi connectivity index (χ4n) is 2.15. The first-order valence-corrected chi connectivity index (χ1v) is 6.35. The van der Waals surface area contributed by atoms with Gasteiger partial charge in [0.2, 0.25) is 12.2 Å². The number of nitrogens with zero attached hydrogens (tertiary/aromatic N) is 2. The number of aldehydes is 1. The smallest absolute Gasteiger partial charge is 0.226 e. The van der Waals surface area contributed by atoms with Gasteiger partial charge in [0, 0.05) is 12.0 Å². The van der Waals surface area contributed by atoms with Gasteiger partial charge in [0.1, 0.15) is 12.6 Å². The lowest BCUT2D eigenvalue weighted by atomic mass is 10.1. The van der Waals surface area contributed by atoms with Crippen molar-refractivity contribution < 1.29 is 14.3 Å². The third kappa shape index (κ3) is 2.56. The van der Waals surface area contributed by atoms with E-state index in [9.17, 15) is 4.79 Å². The molecule has 5 nitrogen and oxygen atoms in total. The second-order valence-corrected chi connectivity index (χ2v) is 4.49. The third-order valence-corrected chi connectivity index (χ3v) is 3.14. The summed E-state index contributed by atoms with van der Waals surface area (Å²) in [6.45, 7) is 0.725. The predicted molar refractivity (Wildman–Crippen MR) is 69.1 cm³/mol. The standard InChI is InChI=1S/C14H14N2O3/c17-8-10-4-5-11-12(7-10)15-9-16-14(11)19-13-3-1-2-6-18-13/h4-5,7-9,13H,1-3,6H2. The second-order valence-electron chi connectivity index (χ2n) is 4.49. The van der Waals surface area contributed by atoms with Crippen LogP contribution in [0.3, 0.4) is 0 Å². The van der Waals surface area contributed by atoms with Crippen molar-refractivity contribution in [3.8, 4) is 5.88 Å². The van der Waals surface area contributed by atoms with Crippen molar-refractivity contribution in [3.63, 3.8) is 0 Å². The molecular weight excluding hydrogens is 244 g/mol. The van der Waals surface area contributed by atoms with E-state index in [1.54, 1.807) is 18.2 Å². The second kappa shape index (κ2) is 5.32. The van der Waals surface area contributed by atoms with E-state index in [0.717, 1.165) is 37.5 Å². The molecule has 2 heterocycles. The zero-order chi connectivity index (χ0) is 13.1. The molecule has 19 heavy (non-hydrogen) atoms. The van der Waals surface area contributed by atoms with Crippen molar-refractivity contribution in [1.82, 2.24) is 9.97 Å². The molecule has 5 heteroatoms. The lowest BCUT2D eigenvalue weighted by molar-refractivity contribution is -0.107. The van der Waals surface area contributed by atoms with Crippen LogP contribution in [0.1, 0.15) is 29.6 Å². The Morgan fingerprint density at radius 1 is 1.32 bits per heavy atom. The van der Waals surface area contributed by atoms with E-state index in [2.05, 4.69) is 9.97 Å². The Morgan fingerprint density at radius 2 is 2.26 bits per heavy atom. The molecule has 0 saturated carbocycles. The molecule has 2 aromatic rings. The third-order valence-electron chi connectivity index (χ3n) is 3.14. The molecule has 1 aromatic carbocycles. The molecule has 1 aliphatic rings. The van der Waals surface area contributed by atoms with Crippen LogP contribution < -0.4 is 4.74 Å². The zero-order valence-electron chi connectivity index (χ0n) is 10.4. The van der Waals surface area contributed by atoms with Crippen molar-refractivity contribution in [2.75, 3.05) is 6.61 Å². The van der Waals surface area contributed by atoms with E-state index in [1.807, 2.05) is 0 Å². The van der Waals surface area contributed by atoms with Gasteiger partial charge in [0.25, 0.3) is 0 Å². The van der Waals surface area contributed by atoms with Crippen LogP contribution in [0.4, 0.5) is 0 Å². The van der Waals surface area contributed by atoms with Crippen molar-refractivity contribution in [2.45, 2.75) is 25.6 Å². The molecule has 0 bridgehead atoms. The molecule has 0 N–H and O–H groups in total. The minimum atomic E-state index is -0.238. The minimum Gasteiger partial charge on any atom is -0.447 e. The van der Waals surface area contributed by atoms with Gasteiger partial charge in [-0.25, -0.2) is 9.97 Å². The Labute approximate surface area is 110 Å². The van der Waals surface area contributed by atoms with Crippen LogP contribution in [0.15, 0.2) is 24.5 Å². The Bertz CT molecular complexity index is 594. The van der Waals surface area contributed by atoms with Gasteiger partial charge in [-0.05, 0) is 25.0 Å². The highest BCUT2D eigenvalue weighted by Crippen LogP contribution is 2.25. The molecule has 1 aromatic heterocycles. The Kier molecular flexibility index (Phi) is 3.37. The van der Waals surface area contributed by atoms with Gasteiger partial charge in [-0.2, -0.15) is 0 Å². The number of fused-ring (bicyclic) bond motifs is 1. The minimum absolute atomic E-state index is 0.238. The number of benzene rings is 1. The molecular formula is C14H14N2O3. The molecule has 0 aliphatic carbocycles. The van der Waals surface area contributed by atoms with Crippen molar-refractivity contribution in [3.05, 3.63) is 30.1 Å². The maximum Gasteiger partial charge on any atom is 0.226 e. The summed E-state index contributed by atoms with van der Waals surface area (Å²) < 4.78 is 11.3. The molecule has 98 valence electrons. The Balaban J connectivity index is 1.92. The molecule has 0 spiro atoms. The van der Waals surface area contributed by atoms with E-state index >= 15 is 0 Å². The normalized spacial score (nSPS) is 19.3. The van der Waals surface area contributed by atoms with Crippen LogP contribution in [-0.2, 0) is 4.74 Å². The molecule has 0 radical (unpaired) electrons. The number of ether oxygens (including phenoxy) is 2. The largest absolute Gasteiger partial charge is 0.447 e. The maximum absolute atomic E-state index is 10.8. The van der Waals surface area contributed by atoms with Crippen LogP contribution >= 0.6 is 0 Å². The first-order chi connectivity index (χ1) is 9.36. The predicted octanol–water partition coefficient (Wildman–Crippen LogP) is 2.35. The van der Waals surface area contributed by atoms with Crippen molar-refractivity contribution in [1.29, 1.82) is 0 Å². The Hall–Kier alpha value is -2.01. The van der Waals surface area contributed by atoms with Crippen LogP contribution in [0.2, 0.25) is 0 Å². The summed E-state index contributed by atoms with van der Waals surface area (Å²) in [6, 6.07) is 5.25. The quantitative estimate of drug-likeness (QED) is 0.791.